The molecular weight excluding hydrogens is 515 g/mol. The van der Waals surface area contributed by atoms with Gasteiger partial charge in [0.1, 0.15) is 5.82 Å². The lowest BCUT2D eigenvalue weighted by Gasteiger charge is -2.13. The lowest BCUT2D eigenvalue weighted by atomic mass is 9.95. The molecular formula is C30H28ClFN6O. The Kier molecular flexibility index (Phi) is 7.95. The highest BCUT2D eigenvalue weighted by Crippen LogP contribution is 2.34. The molecule has 0 atom stereocenters. The summed E-state index contributed by atoms with van der Waals surface area (Å²) in [5.74, 6) is -0.0698. The molecule has 0 unspecified atom stereocenters. The average molecular weight is 543 g/mol. The molecule has 0 bridgehead atoms. The summed E-state index contributed by atoms with van der Waals surface area (Å²) < 4.78 is 14.7. The van der Waals surface area contributed by atoms with Gasteiger partial charge in [0.2, 0.25) is 5.95 Å². The van der Waals surface area contributed by atoms with E-state index in [1.165, 1.54) is 6.07 Å². The highest BCUT2D eigenvalue weighted by atomic mass is 35.5. The quantitative estimate of drug-likeness (QED) is 0.279. The van der Waals surface area contributed by atoms with Crippen molar-refractivity contribution >= 4 is 34.9 Å². The largest absolute Gasteiger partial charge is 0.352 e. The number of carbonyl (C=O) groups excluding carboxylic acids is 1. The van der Waals surface area contributed by atoms with Crippen molar-refractivity contribution in [3.8, 4) is 11.3 Å². The highest BCUT2D eigenvalue weighted by molar-refractivity contribution is 6.31. The predicted molar refractivity (Wildman–Crippen MR) is 153 cm³/mol. The molecule has 4 aromatic rings. The summed E-state index contributed by atoms with van der Waals surface area (Å²) >= 11 is 6.35. The van der Waals surface area contributed by atoms with Crippen molar-refractivity contribution in [1.82, 2.24) is 20.2 Å². The summed E-state index contributed by atoms with van der Waals surface area (Å²) in [6.07, 6.45) is 2.61. The topological polar surface area (TPSA) is 82.5 Å². The Bertz CT molecular complexity index is 1540. The smallest absolute Gasteiger partial charge is 0.251 e. The first-order valence-corrected chi connectivity index (χ1v) is 13.0. The van der Waals surface area contributed by atoms with Crippen molar-refractivity contribution in [1.29, 1.82) is 0 Å². The van der Waals surface area contributed by atoms with E-state index < -0.39 is 0 Å². The molecule has 3 aromatic carbocycles. The fourth-order valence-corrected chi connectivity index (χ4v) is 4.57. The van der Waals surface area contributed by atoms with E-state index in [1.807, 2.05) is 32.3 Å². The summed E-state index contributed by atoms with van der Waals surface area (Å²) in [5.41, 5.74) is 5.26. The SMILES string of the molecule is CN(C)CCCNC(=O)c1ccc(Nc2ncc3c(n2)-c2ccc(Cl)cc2C(c2ccccc2F)=NC3)cc1. The first-order chi connectivity index (χ1) is 18.9. The Morgan fingerprint density at radius 2 is 1.82 bits per heavy atom. The minimum atomic E-state index is -0.354. The van der Waals surface area contributed by atoms with Gasteiger partial charge in [0.05, 0.1) is 18.0 Å². The number of nitrogens with zero attached hydrogens (tertiary/aromatic N) is 4. The van der Waals surface area contributed by atoms with E-state index >= 15 is 0 Å². The molecule has 7 nitrogen and oxygen atoms in total. The molecule has 0 fully saturated rings. The predicted octanol–water partition coefficient (Wildman–Crippen LogP) is 5.71. The molecule has 1 aliphatic rings. The van der Waals surface area contributed by atoms with Crippen LogP contribution in [0.2, 0.25) is 5.02 Å². The number of aromatic nitrogens is 2. The number of benzene rings is 3. The third kappa shape index (κ3) is 6.13. The monoisotopic (exact) mass is 542 g/mol. The third-order valence-corrected chi connectivity index (χ3v) is 6.60. The maximum atomic E-state index is 14.7. The van der Waals surface area contributed by atoms with Crippen molar-refractivity contribution in [3.05, 3.63) is 106 Å². The average Bonchev–Trinajstić information content (AvgIpc) is 3.08. The first kappa shape index (κ1) is 26.5. The van der Waals surface area contributed by atoms with Crippen LogP contribution in [0.4, 0.5) is 16.0 Å². The molecule has 0 spiro atoms. The highest BCUT2D eigenvalue weighted by Gasteiger charge is 2.23. The van der Waals surface area contributed by atoms with Crippen molar-refractivity contribution in [2.24, 2.45) is 4.99 Å². The van der Waals surface area contributed by atoms with Gasteiger partial charge in [-0.05, 0) is 75.6 Å². The number of anilines is 2. The molecule has 1 amide bonds. The Balaban J connectivity index is 1.37. The van der Waals surface area contributed by atoms with E-state index in [4.69, 9.17) is 21.6 Å². The molecule has 2 N–H and O–H groups in total. The Labute approximate surface area is 231 Å². The van der Waals surface area contributed by atoms with E-state index in [1.54, 1.807) is 48.7 Å². The van der Waals surface area contributed by atoms with Crippen LogP contribution in [0.15, 0.2) is 77.9 Å². The summed E-state index contributed by atoms with van der Waals surface area (Å²) in [7, 11) is 4.01. The van der Waals surface area contributed by atoms with E-state index in [9.17, 15) is 9.18 Å². The van der Waals surface area contributed by atoms with Gasteiger partial charge in [-0.2, -0.15) is 0 Å². The van der Waals surface area contributed by atoms with Crippen LogP contribution in [0, 0.1) is 5.82 Å². The van der Waals surface area contributed by atoms with Gasteiger partial charge in [-0.3, -0.25) is 9.79 Å². The molecule has 39 heavy (non-hydrogen) atoms. The molecule has 2 heterocycles. The molecule has 0 aliphatic carbocycles. The standard InChI is InChI=1S/C30H28ClFN6O/c1-38(2)15-5-14-33-29(39)19-8-11-22(12-9-19)36-30-35-18-20-17-34-28(24-6-3-4-7-26(24)32)25-16-21(31)10-13-23(25)27(20)37-30/h3-4,6-13,16,18H,5,14-15,17H2,1-2H3,(H,33,39)(H,35,36,37). The van der Waals surface area contributed by atoms with Crippen LogP contribution >= 0.6 is 11.6 Å². The second kappa shape index (κ2) is 11.7. The second-order valence-corrected chi connectivity index (χ2v) is 9.95. The number of fused-ring (bicyclic) bond motifs is 3. The maximum absolute atomic E-state index is 14.7. The molecule has 0 radical (unpaired) electrons. The molecule has 0 saturated carbocycles. The lowest BCUT2D eigenvalue weighted by Crippen LogP contribution is -2.27. The number of hydrogen-bond acceptors (Lipinski definition) is 6. The van der Waals surface area contributed by atoms with Gasteiger partial charge in [0, 0.05) is 51.3 Å². The van der Waals surface area contributed by atoms with Gasteiger partial charge in [-0.1, -0.05) is 29.8 Å². The molecule has 198 valence electrons. The summed E-state index contributed by atoms with van der Waals surface area (Å²) in [5, 5.41) is 6.68. The van der Waals surface area contributed by atoms with E-state index in [2.05, 4.69) is 20.5 Å². The third-order valence-electron chi connectivity index (χ3n) is 6.36. The van der Waals surface area contributed by atoms with E-state index in [-0.39, 0.29) is 11.7 Å². The normalized spacial score (nSPS) is 12.3. The Hall–Kier alpha value is -4.14. The first-order valence-electron chi connectivity index (χ1n) is 12.6. The minimum Gasteiger partial charge on any atom is -0.352 e. The molecule has 9 heteroatoms. The zero-order chi connectivity index (χ0) is 27.4. The fourth-order valence-electron chi connectivity index (χ4n) is 4.40. The zero-order valence-corrected chi connectivity index (χ0v) is 22.5. The molecule has 0 saturated heterocycles. The van der Waals surface area contributed by atoms with Crippen molar-refractivity contribution in [3.63, 3.8) is 0 Å². The summed E-state index contributed by atoms with van der Waals surface area (Å²) in [6, 6.07) is 19.2. The van der Waals surface area contributed by atoms with Crippen molar-refractivity contribution in [2.45, 2.75) is 13.0 Å². The second-order valence-electron chi connectivity index (χ2n) is 9.52. The van der Waals surface area contributed by atoms with E-state index in [0.29, 0.717) is 52.2 Å². The molecule has 1 aliphatic heterocycles. The summed E-state index contributed by atoms with van der Waals surface area (Å²) in [6.45, 7) is 1.83. The van der Waals surface area contributed by atoms with Crippen LogP contribution in [-0.4, -0.2) is 53.7 Å². The van der Waals surface area contributed by atoms with Crippen molar-refractivity contribution < 1.29 is 9.18 Å². The number of halogens is 2. The van der Waals surface area contributed by atoms with Crippen molar-refractivity contribution in [2.75, 3.05) is 32.5 Å². The Morgan fingerprint density at radius 3 is 2.59 bits per heavy atom. The zero-order valence-electron chi connectivity index (χ0n) is 21.7. The van der Waals surface area contributed by atoms with Crippen LogP contribution in [0.3, 0.4) is 0 Å². The molecule has 5 rings (SSSR count). The fraction of sp³-hybridized carbons (Fsp3) is 0.200. The minimum absolute atomic E-state index is 0.109. The van der Waals surface area contributed by atoms with Gasteiger partial charge < -0.3 is 15.5 Å². The number of hydrogen-bond donors (Lipinski definition) is 2. The van der Waals surface area contributed by atoms with Crippen LogP contribution in [-0.2, 0) is 6.54 Å². The van der Waals surface area contributed by atoms with Gasteiger partial charge in [-0.15, -0.1) is 0 Å². The van der Waals surface area contributed by atoms with Crippen LogP contribution in [0.5, 0.6) is 0 Å². The van der Waals surface area contributed by atoms with Crippen LogP contribution in [0.1, 0.15) is 33.5 Å². The number of amides is 1. The number of nitrogens with one attached hydrogen (secondary N) is 2. The van der Waals surface area contributed by atoms with Gasteiger partial charge in [0.15, 0.2) is 0 Å². The van der Waals surface area contributed by atoms with Gasteiger partial charge >= 0.3 is 0 Å². The van der Waals surface area contributed by atoms with Crippen LogP contribution < -0.4 is 10.6 Å². The summed E-state index contributed by atoms with van der Waals surface area (Å²) in [4.78, 5) is 28.5. The van der Waals surface area contributed by atoms with Gasteiger partial charge in [0.25, 0.3) is 5.91 Å². The number of carbonyl (C=O) groups is 1. The van der Waals surface area contributed by atoms with Crippen LogP contribution in [0.25, 0.3) is 11.3 Å². The number of aliphatic imine (C=N–C) groups is 1. The molecule has 1 aromatic heterocycles. The van der Waals surface area contributed by atoms with Gasteiger partial charge in [-0.25, -0.2) is 14.4 Å². The lowest BCUT2D eigenvalue weighted by molar-refractivity contribution is 0.0952. The number of rotatable bonds is 8. The Morgan fingerprint density at radius 1 is 1.03 bits per heavy atom. The van der Waals surface area contributed by atoms with E-state index in [0.717, 1.165) is 29.8 Å². The maximum Gasteiger partial charge on any atom is 0.251 e.